The lowest BCUT2D eigenvalue weighted by atomic mass is 10.3. The molecule has 9 heteroatoms. The maximum absolute atomic E-state index is 11.9. The molecule has 0 heterocycles. The summed E-state index contributed by atoms with van der Waals surface area (Å²) in [7, 11) is 0. The third-order valence-electron chi connectivity index (χ3n) is 2.27. The minimum atomic E-state index is -0.844. The Labute approximate surface area is 144 Å². The molecule has 1 aromatic carbocycles. The number of nitrogens with one attached hydrogen (secondary N) is 3. The number of rotatable bonds is 5. The van der Waals surface area contributed by atoms with Crippen molar-refractivity contribution < 1.29 is 4.79 Å². The van der Waals surface area contributed by atoms with Gasteiger partial charge in [0.1, 0.15) is 5.66 Å². The van der Waals surface area contributed by atoms with Gasteiger partial charge in [0.05, 0.1) is 21.8 Å². The van der Waals surface area contributed by atoms with Crippen molar-refractivity contribution >= 4 is 46.5 Å². The van der Waals surface area contributed by atoms with Crippen molar-refractivity contribution in [1.29, 1.82) is 0 Å². The van der Waals surface area contributed by atoms with Crippen LogP contribution in [-0.4, -0.2) is 17.7 Å². The van der Waals surface area contributed by atoms with Crippen LogP contribution in [0.5, 0.6) is 0 Å². The molecule has 0 bridgehead atoms. The normalized spacial score (nSPS) is 11.8. The number of anilines is 1. The highest BCUT2D eigenvalue weighted by Gasteiger charge is 2.20. The van der Waals surface area contributed by atoms with E-state index in [-0.39, 0.29) is 16.1 Å². The van der Waals surface area contributed by atoms with Gasteiger partial charge < -0.3 is 5.32 Å². The summed E-state index contributed by atoms with van der Waals surface area (Å²) < 4.78 is 0. The predicted octanol–water partition coefficient (Wildman–Crippen LogP) is 4.87. The number of hydrogen-bond acceptors (Lipinski definition) is 4. The Hall–Kier alpha value is -1.24. The number of hydrogen-bond donors (Lipinski definition) is 3. The van der Waals surface area contributed by atoms with E-state index in [2.05, 4.69) is 26.4 Å². The van der Waals surface area contributed by atoms with Gasteiger partial charge in [0, 0.05) is 5.02 Å². The molecule has 0 aromatic heterocycles. The first kappa shape index (κ1) is 18.8. The molecule has 6 nitrogen and oxygen atoms in total. The number of urea groups is 1. The van der Waals surface area contributed by atoms with Crippen LogP contribution in [0.25, 0.3) is 0 Å². The van der Waals surface area contributed by atoms with Gasteiger partial charge in [-0.3, -0.25) is 10.9 Å². The fourth-order valence-corrected chi connectivity index (χ4v) is 2.29. The summed E-state index contributed by atoms with van der Waals surface area (Å²) in [6, 6.07) is 2.57. The number of nitrogens with zero attached hydrogens (tertiary/aromatic N) is 2. The van der Waals surface area contributed by atoms with Crippen LogP contribution in [0.2, 0.25) is 15.1 Å². The minimum Gasteiger partial charge on any atom is -0.311 e. The van der Waals surface area contributed by atoms with Crippen LogP contribution in [0.1, 0.15) is 27.7 Å². The fourth-order valence-electron chi connectivity index (χ4n) is 1.37. The van der Waals surface area contributed by atoms with Crippen molar-refractivity contribution in [3.05, 3.63) is 27.2 Å². The number of carbonyl (C=O) groups excluding carboxylic acids is 1. The fraction of sp³-hybridized carbons (Fsp3) is 0.462. The highest BCUT2D eigenvalue weighted by molar-refractivity contribution is 6.41. The lowest BCUT2D eigenvalue weighted by Crippen LogP contribution is -2.48. The second-order valence-corrected chi connectivity index (χ2v) is 6.57. The van der Waals surface area contributed by atoms with E-state index in [1.807, 2.05) is 13.8 Å². The predicted molar refractivity (Wildman–Crippen MR) is 90.8 cm³/mol. The molecule has 1 aromatic rings. The quantitative estimate of drug-likeness (QED) is 0.513. The van der Waals surface area contributed by atoms with Crippen molar-refractivity contribution in [3.63, 3.8) is 0 Å². The summed E-state index contributed by atoms with van der Waals surface area (Å²) in [4.78, 5) is 11.9. The molecule has 22 heavy (non-hydrogen) atoms. The zero-order valence-corrected chi connectivity index (χ0v) is 14.9. The summed E-state index contributed by atoms with van der Waals surface area (Å²) in [5.41, 5.74) is 4.58. The van der Waals surface area contributed by atoms with E-state index in [0.717, 1.165) is 0 Å². The Bertz CT molecular complexity index is 552. The van der Waals surface area contributed by atoms with Crippen LogP contribution in [0, 0.1) is 0 Å². The van der Waals surface area contributed by atoms with Crippen LogP contribution < -0.4 is 16.2 Å². The van der Waals surface area contributed by atoms with Crippen molar-refractivity contribution in [1.82, 2.24) is 10.7 Å². The van der Waals surface area contributed by atoms with Crippen LogP contribution >= 0.6 is 34.8 Å². The molecule has 122 valence electrons. The molecule has 0 radical (unpaired) electrons. The third-order valence-corrected chi connectivity index (χ3v) is 3.08. The first-order valence-corrected chi connectivity index (χ1v) is 7.65. The maximum atomic E-state index is 11.9. The van der Waals surface area contributed by atoms with E-state index in [9.17, 15) is 4.79 Å². The number of hydrazine groups is 1. The Morgan fingerprint density at radius 2 is 1.73 bits per heavy atom. The van der Waals surface area contributed by atoms with Gasteiger partial charge in [0.25, 0.3) is 0 Å². The second kappa shape index (κ2) is 7.85. The smallest absolute Gasteiger partial charge is 0.311 e. The van der Waals surface area contributed by atoms with Gasteiger partial charge in [0.15, 0.2) is 0 Å². The lowest BCUT2D eigenvalue weighted by molar-refractivity contribution is 0.231. The zero-order valence-electron chi connectivity index (χ0n) is 12.7. The van der Waals surface area contributed by atoms with Crippen LogP contribution in [0.15, 0.2) is 22.4 Å². The molecule has 2 amide bonds. The standard InChI is InChI=1S/C13H18Cl3N5O/c1-7(2)18-21-13(3,4)17-12(22)20-19-11-9(15)5-8(14)6-10(11)16/h5-7,19H,1-4H3,(H2,17,20,22)/b21-18+. The summed E-state index contributed by atoms with van der Waals surface area (Å²) in [6.45, 7) is 7.24. The van der Waals surface area contributed by atoms with E-state index < -0.39 is 11.7 Å². The molecular formula is C13H18Cl3N5O. The van der Waals surface area contributed by atoms with Crippen molar-refractivity contribution in [3.8, 4) is 0 Å². The second-order valence-electron chi connectivity index (χ2n) is 5.32. The van der Waals surface area contributed by atoms with Gasteiger partial charge >= 0.3 is 6.03 Å². The van der Waals surface area contributed by atoms with Gasteiger partial charge in [-0.15, -0.1) is 0 Å². The minimum absolute atomic E-state index is 0.0499. The molecule has 0 aliphatic rings. The topological polar surface area (TPSA) is 77.9 Å². The monoisotopic (exact) mass is 365 g/mol. The van der Waals surface area contributed by atoms with E-state index in [1.54, 1.807) is 13.8 Å². The van der Waals surface area contributed by atoms with E-state index in [0.29, 0.717) is 10.7 Å². The summed E-state index contributed by atoms with van der Waals surface area (Å²) in [5, 5.41) is 11.7. The summed E-state index contributed by atoms with van der Waals surface area (Å²) in [6.07, 6.45) is 0. The van der Waals surface area contributed by atoms with Crippen molar-refractivity contribution in [2.24, 2.45) is 10.2 Å². The molecule has 3 N–H and O–H groups in total. The molecule has 0 aliphatic carbocycles. The van der Waals surface area contributed by atoms with Gasteiger partial charge in [0.2, 0.25) is 0 Å². The molecule has 0 fully saturated rings. The number of azo groups is 1. The summed E-state index contributed by atoms with van der Waals surface area (Å²) >= 11 is 17.8. The average molecular weight is 367 g/mol. The molecular weight excluding hydrogens is 349 g/mol. The van der Waals surface area contributed by atoms with Gasteiger partial charge in [-0.1, -0.05) is 34.8 Å². The number of halogens is 3. The number of benzene rings is 1. The number of amides is 2. The average Bonchev–Trinajstić information content (AvgIpc) is 2.34. The Morgan fingerprint density at radius 1 is 1.18 bits per heavy atom. The molecule has 0 spiro atoms. The Morgan fingerprint density at radius 3 is 2.23 bits per heavy atom. The van der Waals surface area contributed by atoms with E-state index in [4.69, 9.17) is 34.8 Å². The summed E-state index contributed by atoms with van der Waals surface area (Å²) in [5.74, 6) is 0. The molecule has 1 rings (SSSR count). The number of carbonyl (C=O) groups is 1. The van der Waals surface area contributed by atoms with Crippen molar-refractivity contribution in [2.75, 3.05) is 5.43 Å². The van der Waals surface area contributed by atoms with Gasteiger partial charge in [-0.2, -0.15) is 10.2 Å². The van der Waals surface area contributed by atoms with Crippen molar-refractivity contribution in [2.45, 2.75) is 39.4 Å². The van der Waals surface area contributed by atoms with E-state index >= 15 is 0 Å². The molecule has 0 atom stereocenters. The Kier molecular flexibility index (Phi) is 6.71. The first-order valence-electron chi connectivity index (χ1n) is 6.51. The Balaban J connectivity index is 2.64. The largest absolute Gasteiger partial charge is 0.335 e. The highest BCUT2D eigenvalue weighted by Crippen LogP contribution is 2.33. The van der Waals surface area contributed by atoms with Crippen LogP contribution in [0.4, 0.5) is 10.5 Å². The SMILES string of the molecule is CC(C)/N=N/C(C)(C)NC(=O)NNc1c(Cl)cc(Cl)cc1Cl. The molecule has 0 aliphatic heterocycles. The zero-order chi connectivity index (χ0) is 16.9. The molecule has 0 unspecified atom stereocenters. The lowest BCUT2D eigenvalue weighted by Gasteiger charge is -2.21. The van der Waals surface area contributed by atoms with Crippen LogP contribution in [0.3, 0.4) is 0 Å². The van der Waals surface area contributed by atoms with Gasteiger partial charge in [-0.25, -0.2) is 4.79 Å². The van der Waals surface area contributed by atoms with E-state index in [1.165, 1.54) is 12.1 Å². The first-order chi connectivity index (χ1) is 10.1. The van der Waals surface area contributed by atoms with Crippen LogP contribution in [-0.2, 0) is 0 Å². The molecule has 0 saturated carbocycles. The third kappa shape index (κ3) is 6.25. The maximum Gasteiger partial charge on any atom is 0.335 e. The van der Waals surface area contributed by atoms with Gasteiger partial charge in [-0.05, 0) is 39.8 Å². The highest BCUT2D eigenvalue weighted by atomic mass is 35.5. The molecule has 0 saturated heterocycles.